The topological polar surface area (TPSA) is 121 Å². The van der Waals surface area contributed by atoms with E-state index in [4.69, 9.17) is 30.6 Å². The summed E-state index contributed by atoms with van der Waals surface area (Å²) in [4.78, 5) is 0. The van der Waals surface area contributed by atoms with Gasteiger partial charge in [0.2, 0.25) is 11.6 Å². The summed E-state index contributed by atoms with van der Waals surface area (Å²) in [7, 11) is 0. The molecular weight excluding hydrogens is 144 g/mol. The molecule has 0 fully saturated rings. The van der Waals surface area contributed by atoms with Crippen molar-refractivity contribution in [1.82, 2.24) is 0 Å². The second-order valence-corrected chi connectivity index (χ2v) is 1.95. The SMILES string of the molecule is OCC(O)(O)C(O)(O)CO. The number of aliphatic hydroxyl groups is 6. The van der Waals surface area contributed by atoms with Crippen LogP contribution >= 0.6 is 0 Å². The maximum Gasteiger partial charge on any atom is 0.244 e. The van der Waals surface area contributed by atoms with Crippen LogP contribution in [0.2, 0.25) is 0 Å². The van der Waals surface area contributed by atoms with Crippen LogP contribution in [-0.4, -0.2) is 55.4 Å². The van der Waals surface area contributed by atoms with Crippen LogP contribution in [0.4, 0.5) is 0 Å². The summed E-state index contributed by atoms with van der Waals surface area (Å²) in [5.74, 6) is -6.19. The maximum absolute atomic E-state index is 8.50. The van der Waals surface area contributed by atoms with Gasteiger partial charge in [0.05, 0.1) is 0 Å². The van der Waals surface area contributed by atoms with Gasteiger partial charge in [0.15, 0.2) is 0 Å². The molecular formula is C4H10O6. The first-order valence-corrected chi connectivity index (χ1v) is 2.48. The van der Waals surface area contributed by atoms with E-state index >= 15 is 0 Å². The zero-order valence-electron chi connectivity index (χ0n) is 5.10. The Morgan fingerprint density at radius 3 is 1.00 bits per heavy atom. The molecule has 6 N–H and O–H groups in total. The number of hydrogen-bond acceptors (Lipinski definition) is 6. The Hall–Kier alpha value is -0.240. The Morgan fingerprint density at radius 1 is 0.700 bits per heavy atom. The average molecular weight is 154 g/mol. The van der Waals surface area contributed by atoms with Crippen molar-refractivity contribution < 1.29 is 30.6 Å². The molecule has 62 valence electrons. The van der Waals surface area contributed by atoms with Crippen molar-refractivity contribution in [3.05, 3.63) is 0 Å². The smallest absolute Gasteiger partial charge is 0.244 e. The van der Waals surface area contributed by atoms with Crippen molar-refractivity contribution in [2.24, 2.45) is 0 Å². The molecule has 0 aromatic heterocycles. The number of rotatable bonds is 3. The highest BCUT2D eigenvalue weighted by Gasteiger charge is 2.46. The Kier molecular flexibility index (Phi) is 2.72. The van der Waals surface area contributed by atoms with Gasteiger partial charge in [-0.05, 0) is 0 Å². The molecule has 6 heteroatoms. The van der Waals surface area contributed by atoms with Gasteiger partial charge in [-0.25, -0.2) is 0 Å². The molecule has 0 saturated heterocycles. The van der Waals surface area contributed by atoms with Gasteiger partial charge in [-0.1, -0.05) is 0 Å². The fraction of sp³-hybridized carbons (Fsp3) is 1.00. The Bertz CT molecular complexity index is 94.3. The lowest BCUT2D eigenvalue weighted by molar-refractivity contribution is -0.373. The number of aliphatic hydroxyl groups excluding tert-OH is 2. The lowest BCUT2D eigenvalue weighted by Gasteiger charge is -2.31. The molecule has 0 aliphatic heterocycles. The summed E-state index contributed by atoms with van der Waals surface area (Å²) in [6, 6.07) is 0. The first-order chi connectivity index (χ1) is 4.37. The van der Waals surface area contributed by atoms with E-state index in [1.807, 2.05) is 0 Å². The summed E-state index contributed by atoms with van der Waals surface area (Å²) in [6.45, 7) is -2.55. The molecule has 0 aliphatic rings. The minimum absolute atomic E-state index is 1.28. The van der Waals surface area contributed by atoms with Gasteiger partial charge in [0.1, 0.15) is 13.2 Å². The molecule has 0 amide bonds. The van der Waals surface area contributed by atoms with Crippen LogP contribution in [-0.2, 0) is 0 Å². The lowest BCUT2D eigenvalue weighted by Crippen LogP contribution is -2.59. The Balaban J connectivity index is 4.28. The molecule has 0 unspecified atom stereocenters. The van der Waals surface area contributed by atoms with Crippen molar-refractivity contribution in [1.29, 1.82) is 0 Å². The highest BCUT2D eigenvalue weighted by molar-refractivity contribution is 4.80. The third kappa shape index (κ3) is 1.63. The van der Waals surface area contributed by atoms with Crippen LogP contribution in [0.5, 0.6) is 0 Å². The Morgan fingerprint density at radius 2 is 0.900 bits per heavy atom. The second-order valence-electron chi connectivity index (χ2n) is 1.95. The van der Waals surface area contributed by atoms with Gasteiger partial charge in [0.25, 0.3) is 0 Å². The molecule has 0 atom stereocenters. The molecule has 0 heterocycles. The van der Waals surface area contributed by atoms with Gasteiger partial charge in [-0.3, -0.25) is 0 Å². The fourth-order valence-corrected chi connectivity index (χ4v) is 0.253. The number of hydrogen-bond donors (Lipinski definition) is 6. The van der Waals surface area contributed by atoms with E-state index in [-0.39, 0.29) is 0 Å². The predicted molar refractivity (Wildman–Crippen MR) is 28.5 cm³/mol. The van der Waals surface area contributed by atoms with Crippen LogP contribution in [0.3, 0.4) is 0 Å². The summed E-state index contributed by atoms with van der Waals surface area (Å²) >= 11 is 0. The molecule has 0 aliphatic carbocycles. The fourth-order valence-electron chi connectivity index (χ4n) is 0.253. The quantitative estimate of drug-likeness (QED) is 0.233. The van der Waals surface area contributed by atoms with Crippen LogP contribution < -0.4 is 0 Å². The lowest BCUT2D eigenvalue weighted by atomic mass is 10.1. The standard InChI is InChI=1S/C4H10O6/c5-1-3(7,8)4(9,10)2-6/h5-10H,1-2H2. The van der Waals surface area contributed by atoms with E-state index in [1.165, 1.54) is 0 Å². The van der Waals surface area contributed by atoms with Gasteiger partial charge in [-0.15, -0.1) is 0 Å². The zero-order chi connectivity index (χ0) is 8.41. The third-order valence-electron chi connectivity index (χ3n) is 1.08. The molecule has 0 aromatic carbocycles. The van der Waals surface area contributed by atoms with E-state index in [9.17, 15) is 0 Å². The molecule has 0 rings (SSSR count). The predicted octanol–water partition coefficient (Wildman–Crippen LogP) is -3.67. The van der Waals surface area contributed by atoms with Crippen molar-refractivity contribution in [2.75, 3.05) is 13.2 Å². The summed E-state index contributed by atoms with van der Waals surface area (Å²) in [5.41, 5.74) is 0. The first-order valence-electron chi connectivity index (χ1n) is 2.48. The van der Waals surface area contributed by atoms with Gasteiger partial charge >= 0.3 is 0 Å². The van der Waals surface area contributed by atoms with Crippen LogP contribution in [0.15, 0.2) is 0 Å². The molecule has 10 heavy (non-hydrogen) atoms. The minimum atomic E-state index is -3.10. The van der Waals surface area contributed by atoms with Crippen LogP contribution in [0.1, 0.15) is 0 Å². The summed E-state index contributed by atoms with van der Waals surface area (Å²) in [6.07, 6.45) is 0. The molecule has 0 bridgehead atoms. The molecule has 6 nitrogen and oxygen atoms in total. The average Bonchev–Trinajstić information content (AvgIpc) is 1.88. The molecule has 0 spiro atoms. The maximum atomic E-state index is 8.50. The van der Waals surface area contributed by atoms with Crippen molar-refractivity contribution >= 4 is 0 Å². The highest BCUT2D eigenvalue weighted by atomic mass is 16.6. The summed E-state index contributed by atoms with van der Waals surface area (Å²) in [5, 5.41) is 50.2. The van der Waals surface area contributed by atoms with Crippen LogP contribution in [0, 0.1) is 0 Å². The van der Waals surface area contributed by atoms with E-state index in [2.05, 4.69) is 0 Å². The van der Waals surface area contributed by atoms with Gasteiger partial charge in [0, 0.05) is 0 Å². The van der Waals surface area contributed by atoms with E-state index in [0.717, 1.165) is 0 Å². The van der Waals surface area contributed by atoms with E-state index < -0.39 is 24.8 Å². The van der Waals surface area contributed by atoms with E-state index in [1.54, 1.807) is 0 Å². The van der Waals surface area contributed by atoms with Crippen molar-refractivity contribution in [2.45, 2.75) is 11.6 Å². The summed E-state index contributed by atoms with van der Waals surface area (Å²) < 4.78 is 0. The molecule has 0 radical (unpaired) electrons. The Labute approximate surface area is 56.6 Å². The zero-order valence-corrected chi connectivity index (χ0v) is 5.10. The van der Waals surface area contributed by atoms with Gasteiger partial charge < -0.3 is 30.6 Å². The molecule has 0 saturated carbocycles. The minimum Gasteiger partial charge on any atom is -0.391 e. The largest absolute Gasteiger partial charge is 0.391 e. The second kappa shape index (κ2) is 2.79. The van der Waals surface area contributed by atoms with E-state index in [0.29, 0.717) is 0 Å². The van der Waals surface area contributed by atoms with Crippen molar-refractivity contribution in [3.63, 3.8) is 0 Å². The van der Waals surface area contributed by atoms with Crippen LogP contribution in [0.25, 0.3) is 0 Å². The molecule has 0 aromatic rings. The normalized spacial score (nSPS) is 13.8. The third-order valence-corrected chi connectivity index (χ3v) is 1.08. The van der Waals surface area contributed by atoms with Gasteiger partial charge in [-0.2, -0.15) is 0 Å². The first kappa shape index (κ1) is 9.76. The highest BCUT2D eigenvalue weighted by Crippen LogP contribution is 2.14. The monoisotopic (exact) mass is 154 g/mol. The van der Waals surface area contributed by atoms with Crippen molar-refractivity contribution in [3.8, 4) is 0 Å².